The van der Waals surface area contributed by atoms with Crippen molar-refractivity contribution in [1.82, 2.24) is 20.3 Å². The number of nitrogen functional groups attached to an aromatic ring is 1. The zero-order valence-corrected chi connectivity index (χ0v) is 17.2. The number of piperidine rings is 1. The Balaban J connectivity index is 1.52. The first-order valence-electron chi connectivity index (χ1n) is 10.3. The molecule has 1 aromatic rings. The van der Waals surface area contributed by atoms with Crippen LogP contribution in [0.1, 0.15) is 43.5 Å². The Morgan fingerprint density at radius 1 is 1.17 bits per heavy atom. The zero-order chi connectivity index (χ0) is 20.2. The van der Waals surface area contributed by atoms with E-state index in [0.717, 1.165) is 49.3 Å². The van der Waals surface area contributed by atoms with Crippen LogP contribution in [0.3, 0.4) is 0 Å². The van der Waals surface area contributed by atoms with Gasteiger partial charge in [-0.25, -0.2) is 9.97 Å². The maximum atomic E-state index is 6.14. The van der Waals surface area contributed by atoms with E-state index in [0.29, 0.717) is 35.7 Å². The minimum atomic E-state index is 0.358. The summed E-state index contributed by atoms with van der Waals surface area (Å²) in [5.41, 5.74) is 12.8. The average Bonchev–Trinajstić information content (AvgIpc) is 2.68. The van der Waals surface area contributed by atoms with Gasteiger partial charge in [0.2, 0.25) is 0 Å². The fourth-order valence-electron chi connectivity index (χ4n) is 4.19. The number of anilines is 1. The second-order valence-corrected chi connectivity index (χ2v) is 8.13. The molecule has 0 amide bonds. The largest absolute Gasteiger partial charge is 0.382 e. The first kappa shape index (κ1) is 19.5. The lowest BCUT2D eigenvalue weighted by molar-refractivity contribution is 0.195. The van der Waals surface area contributed by atoms with Crippen LogP contribution in [0.2, 0.25) is 0 Å². The lowest BCUT2D eigenvalue weighted by atomic mass is 9.88. The molecule has 3 heterocycles. The third-order valence-corrected chi connectivity index (χ3v) is 5.53. The molecule has 0 aromatic carbocycles. The Kier molecular flexibility index (Phi) is 5.85. The van der Waals surface area contributed by atoms with E-state index in [-0.39, 0.29) is 0 Å². The van der Waals surface area contributed by atoms with Gasteiger partial charge in [0, 0.05) is 19.0 Å². The second kappa shape index (κ2) is 8.69. The number of nitrogens with zero attached hydrogens (tertiary/aromatic N) is 5. The van der Waals surface area contributed by atoms with Gasteiger partial charge in [-0.1, -0.05) is 37.3 Å². The normalized spacial score (nSPS) is 26.5. The van der Waals surface area contributed by atoms with Gasteiger partial charge in [-0.2, -0.15) is 5.10 Å². The highest BCUT2D eigenvalue weighted by molar-refractivity contribution is 6.10. The summed E-state index contributed by atoms with van der Waals surface area (Å²) >= 11 is 0. The maximum Gasteiger partial charge on any atom is 0.172 e. The number of aromatic nitrogens is 2. The first-order chi connectivity index (χ1) is 14.1. The molecule has 4 rings (SSSR count). The molecule has 0 bridgehead atoms. The van der Waals surface area contributed by atoms with Crippen LogP contribution >= 0.6 is 0 Å². The van der Waals surface area contributed by atoms with Crippen LogP contribution in [0.5, 0.6) is 0 Å². The maximum absolute atomic E-state index is 6.14. The van der Waals surface area contributed by atoms with Gasteiger partial charge < -0.3 is 10.6 Å². The molecular formula is C22H29N7. The molecule has 2 aliphatic heterocycles. The lowest BCUT2D eigenvalue weighted by Gasteiger charge is -2.33. The molecule has 3 aliphatic rings. The molecule has 3 N–H and O–H groups in total. The van der Waals surface area contributed by atoms with Crippen molar-refractivity contribution in [2.75, 3.05) is 32.4 Å². The second-order valence-electron chi connectivity index (χ2n) is 8.13. The molecule has 29 heavy (non-hydrogen) atoms. The predicted molar refractivity (Wildman–Crippen MR) is 118 cm³/mol. The van der Waals surface area contributed by atoms with Gasteiger partial charge in [0.05, 0.1) is 24.1 Å². The van der Waals surface area contributed by atoms with Crippen LogP contribution < -0.4 is 11.2 Å². The number of likely N-dealkylation sites (N-methyl/N-ethyl adjacent to an activating group) is 1. The number of aliphatic imine (C=N–C) groups is 1. The molecule has 152 valence electrons. The summed E-state index contributed by atoms with van der Waals surface area (Å²) in [6.45, 7) is 4.89. The van der Waals surface area contributed by atoms with Gasteiger partial charge in [0.25, 0.3) is 0 Å². The van der Waals surface area contributed by atoms with Gasteiger partial charge in [0.1, 0.15) is 5.69 Å². The van der Waals surface area contributed by atoms with Gasteiger partial charge in [-0.3, -0.25) is 10.4 Å². The third kappa shape index (κ3) is 4.62. The van der Waals surface area contributed by atoms with E-state index in [4.69, 9.17) is 10.7 Å². The Bertz CT molecular complexity index is 900. The van der Waals surface area contributed by atoms with Gasteiger partial charge in [-0.15, -0.1) is 0 Å². The number of rotatable bonds is 3. The van der Waals surface area contributed by atoms with Crippen LogP contribution in [0.4, 0.5) is 5.82 Å². The molecule has 1 fully saturated rings. The van der Waals surface area contributed by atoms with Gasteiger partial charge in [0.15, 0.2) is 11.7 Å². The molecular weight excluding hydrogens is 362 g/mol. The van der Waals surface area contributed by atoms with Crippen molar-refractivity contribution in [3.05, 3.63) is 53.5 Å². The molecule has 1 aromatic heterocycles. The number of amidine groups is 1. The molecule has 1 aliphatic carbocycles. The summed E-state index contributed by atoms with van der Waals surface area (Å²) in [4.78, 5) is 16.3. The quantitative estimate of drug-likeness (QED) is 0.773. The fraction of sp³-hybridized carbons (Fsp3) is 0.455. The summed E-state index contributed by atoms with van der Waals surface area (Å²) < 4.78 is 0. The van der Waals surface area contributed by atoms with E-state index in [1.165, 1.54) is 0 Å². The van der Waals surface area contributed by atoms with E-state index in [1.54, 1.807) is 0 Å². The van der Waals surface area contributed by atoms with E-state index >= 15 is 0 Å². The van der Waals surface area contributed by atoms with Crippen molar-refractivity contribution in [2.24, 2.45) is 16.0 Å². The predicted octanol–water partition coefficient (Wildman–Crippen LogP) is 2.65. The number of nitrogens with one attached hydrogen (secondary N) is 1. The summed E-state index contributed by atoms with van der Waals surface area (Å²) in [6.07, 6.45) is 15.5. The van der Waals surface area contributed by atoms with Crippen LogP contribution in [-0.4, -0.2) is 53.1 Å². The average molecular weight is 392 g/mol. The molecule has 0 saturated carbocycles. The summed E-state index contributed by atoms with van der Waals surface area (Å²) in [5.74, 6) is 1.97. The van der Waals surface area contributed by atoms with E-state index in [9.17, 15) is 0 Å². The third-order valence-electron chi connectivity index (χ3n) is 5.53. The number of hydrazone groups is 1. The molecule has 2 atom stereocenters. The molecule has 0 radical (unpaired) electrons. The highest BCUT2D eigenvalue weighted by Crippen LogP contribution is 2.28. The van der Waals surface area contributed by atoms with Crippen molar-refractivity contribution in [3.63, 3.8) is 0 Å². The van der Waals surface area contributed by atoms with E-state index < -0.39 is 0 Å². The molecule has 7 nitrogen and oxygen atoms in total. The smallest absolute Gasteiger partial charge is 0.172 e. The number of nitrogens with two attached hydrogens (primary N) is 1. The molecule has 2 unspecified atom stereocenters. The topological polar surface area (TPSA) is 91.8 Å². The molecule has 0 spiro atoms. The minimum absolute atomic E-state index is 0.358. The Morgan fingerprint density at radius 2 is 2.03 bits per heavy atom. The van der Waals surface area contributed by atoms with Crippen LogP contribution in [0.15, 0.2) is 52.2 Å². The van der Waals surface area contributed by atoms with Crippen molar-refractivity contribution in [2.45, 2.75) is 32.1 Å². The Morgan fingerprint density at radius 3 is 2.83 bits per heavy atom. The van der Waals surface area contributed by atoms with Crippen LogP contribution in [0, 0.1) is 5.92 Å². The van der Waals surface area contributed by atoms with E-state index in [2.05, 4.69) is 69.8 Å². The fourth-order valence-corrected chi connectivity index (χ4v) is 4.19. The number of likely N-dealkylation sites (tertiary alicyclic amines) is 1. The van der Waals surface area contributed by atoms with Crippen molar-refractivity contribution in [3.8, 4) is 0 Å². The Hall–Kier alpha value is -2.80. The van der Waals surface area contributed by atoms with Crippen molar-refractivity contribution < 1.29 is 0 Å². The SMILES string of the molecule is CC1CC(c2cnc(N)c(C3=NCC(C4=CC/C=C\CC=C4)=NN3)n2)CN(C)C1. The summed E-state index contributed by atoms with van der Waals surface area (Å²) in [5, 5.41) is 4.55. The lowest BCUT2D eigenvalue weighted by Crippen LogP contribution is -2.36. The van der Waals surface area contributed by atoms with Crippen molar-refractivity contribution >= 4 is 17.4 Å². The zero-order valence-electron chi connectivity index (χ0n) is 17.2. The summed E-state index contributed by atoms with van der Waals surface area (Å²) in [7, 11) is 2.16. The van der Waals surface area contributed by atoms with Gasteiger partial charge >= 0.3 is 0 Å². The minimum Gasteiger partial charge on any atom is -0.382 e. The number of hydrogen-bond donors (Lipinski definition) is 2. The standard InChI is InChI=1S/C22H29N7/c1-15-10-17(14-29(2)13-15)18-11-24-21(23)20(26-18)22-25-12-19(27-28-22)16-8-6-4-3-5-7-9-16/h3-4,7-9,11,15,17H,5-6,10,12-14H2,1-2H3,(H2,23,24)(H,25,28)/b4-3-,9-7?,16-8?. The highest BCUT2D eigenvalue weighted by Gasteiger charge is 2.26. The summed E-state index contributed by atoms with van der Waals surface area (Å²) in [6, 6.07) is 0. The molecule has 7 heteroatoms. The number of allylic oxidation sites excluding steroid dienone is 5. The van der Waals surface area contributed by atoms with Crippen LogP contribution in [0.25, 0.3) is 0 Å². The van der Waals surface area contributed by atoms with E-state index in [1.807, 2.05) is 6.20 Å². The monoisotopic (exact) mass is 391 g/mol. The first-order valence-corrected chi connectivity index (χ1v) is 10.3. The Labute approximate surface area is 172 Å². The molecule has 1 saturated heterocycles. The number of hydrogen-bond acceptors (Lipinski definition) is 7. The van der Waals surface area contributed by atoms with Crippen molar-refractivity contribution in [1.29, 1.82) is 0 Å². The van der Waals surface area contributed by atoms with Gasteiger partial charge in [-0.05, 0) is 37.8 Å². The highest BCUT2D eigenvalue weighted by atomic mass is 15.3. The van der Waals surface area contributed by atoms with Crippen LogP contribution in [-0.2, 0) is 0 Å².